The van der Waals surface area contributed by atoms with Crippen LogP contribution in [0.3, 0.4) is 0 Å². The Hall–Kier alpha value is -1.40. The molecule has 0 unspecified atom stereocenters. The van der Waals surface area contributed by atoms with Gasteiger partial charge in [0.2, 0.25) is 22.1 Å². The molecule has 0 saturated heterocycles. The molecule has 198 valence electrons. The molecule has 16 heteroatoms. The van der Waals surface area contributed by atoms with Crippen molar-refractivity contribution >= 4 is 115 Å². The SMILES string of the molecule is CSc1nsc(SCC(=O)Nc2ccc(SSc3ccc(NC(=O)CSc4nc(SC)ns4)cc3)cc2)n1. The summed E-state index contributed by atoms with van der Waals surface area (Å²) in [5.74, 6) is 0.405. The maximum atomic E-state index is 12.2. The number of aromatic nitrogens is 4. The number of nitrogens with zero attached hydrogens (tertiary/aromatic N) is 4. The van der Waals surface area contributed by atoms with Gasteiger partial charge in [-0.1, -0.05) is 68.6 Å². The fourth-order valence-electron chi connectivity index (χ4n) is 2.61. The summed E-state index contributed by atoms with van der Waals surface area (Å²) in [7, 11) is 3.24. The maximum Gasteiger partial charge on any atom is 0.234 e. The Labute approximate surface area is 253 Å². The normalized spacial score (nSPS) is 10.9. The van der Waals surface area contributed by atoms with Crippen LogP contribution in [0.2, 0.25) is 0 Å². The number of carbonyl (C=O) groups excluding carboxylic acids is 2. The molecule has 0 spiro atoms. The van der Waals surface area contributed by atoms with Gasteiger partial charge in [0.15, 0.2) is 8.68 Å². The molecule has 0 aliphatic rings. The summed E-state index contributed by atoms with van der Waals surface area (Å²) in [5, 5.41) is 7.28. The Kier molecular flexibility index (Phi) is 12.0. The molecule has 0 saturated carbocycles. The minimum absolute atomic E-state index is 0.0821. The van der Waals surface area contributed by atoms with Gasteiger partial charge < -0.3 is 10.6 Å². The smallest absolute Gasteiger partial charge is 0.234 e. The number of benzene rings is 2. The summed E-state index contributed by atoms with van der Waals surface area (Å²) < 4.78 is 9.97. The quantitative estimate of drug-likeness (QED) is 0.113. The Morgan fingerprint density at radius 1 is 0.684 bits per heavy atom. The molecule has 0 aliphatic heterocycles. The van der Waals surface area contributed by atoms with Crippen molar-refractivity contribution in [2.24, 2.45) is 0 Å². The van der Waals surface area contributed by atoms with Crippen LogP contribution >= 0.6 is 91.7 Å². The third-order valence-electron chi connectivity index (χ3n) is 4.31. The lowest BCUT2D eigenvalue weighted by atomic mass is 10.3. The lowest BCUT2D eigenvalue weighted by Crippen LogP contribution is -2.13. The zero-order valence-corrected chi connectivity index (χ0v) is 26.4. The van der Waals surface area contributed by atoms with Gasteiger partial charge in [-0.2, -0.15) is 8.75 Å². The highest BCUT2D eigenvalue weighted by Gasteiger charge is 2.10. The molecule has 2 aromatic heterocycles. The van der Waals surface area contributed by atoms with E-state index >= 15 is 0 Å². The van der Waals surface area contributed by atoms with Crippen molar-refractivity contribution in [1.29, 1.82) is 0 Å². The monoisotopic (exact) mass is 656 g/mol. The van der Waals surface area contributed by atoms with Gasteiger partial charge in [-0.3, -0.25) is 9.59 Å². The van der Waals surface area contributed by atoms with Crippen LogP contribution in [0.4, 0.5) is 11.4 Å². The van der Waals surface area contributed by atoms with Crippen LogP contribution in [-0.2, 0) is 9.59 Å². The Balaban J connectivity index is 1.16. The van der Waals surface area contributed by atoms with E-state index in [0.29, 0.717) is 0 Å². The number of carbonyl (C=O) groups is 2. The number of rotatable bonds is 13. The van der Waals surface area contributed by atoms with E-state index in [4.69, 9.17) is 0 Å². The topological polar surface area (TPSA) is 110 Å². The molecular weight excluding hydrogens is 637 g/mol. The summed E-state index contributed by atoms with van der Waals surface area (Å²) in [5.41, 5.74) is 1.50. The molecular formula is C22H20N6O2S8. The second-order valence-corrected chi connectivity index (χ2v) is 14.8. The predicted molar refractivity (Wildman–Crippen MR) is 167 cm³/mol. The van der Waals surface area contributed by atoms with Gasteiger partial charge >= 0.3 is 0 Å². The van der Waals surface area contributed by atoms with Gasteiger partial charge in [0.1, 0.15) is 0 Å². The molecule has 0 radical (unpaired) electrons. The van der Waals surface area contributed by atoms with Crippen LogP contribution in [0.5, 0.6) is 0 Å². The van der Waals surface area contributed by atoms with E-state index in [0.717, 1.165) is 40.2 Å². The first kappa shape index (κ1) is 29.6. The first-order valence-electron chi connectivity index (χ1n) is 10.7. The van der Waals surface area contributed by atoms with Crippen LogP contribution in [0, 0.1) is 0 Å². The van der Waals surface area contributed by atoms with Gasteiger partial charge in [-0.05, 0) is 84.1 Å². The zero-order chi connectivity index (χ0) is 26.7. The number of hydrogen-bond acceptors (Lipinski definition) is 14. The second kappa shape index (κ2) is 15.4. The summed E-state index contributed by atoms with van der Waals surface area (Å²) in [4.78, 5) is 35.3. The first-order chi connectivity index (χ1) is 18.5. The average molecular weight is 657 g/mol. The molecule has 0 aliphatic carbocycles. The molecule has 4 aromatic rings. The summed E-state index contributed by atoms with van der Waals surface area (Å²) >= 11 is 8.35. The highest BCUT2D eigenvalue weighted by Crippen LogP contribution is 2.38. The van der Waals surface area contributed by atoms with Gasteiger partial charge in [0, 0.05) is 21.2 Å². The zero-order valence-electron chi connectivity index (χ0n) is 19.9. The minimum Gasteiger partial charge on any atom is -0.325 e. The largest absolute Gasteiger partial charge is 0.325 e. The lowest BCUT2D eigenvalue weighted by molar-refractivity contribution is -0.114. The lowest BCUT2D eigenvalue weighted by Gasteiger charge is -2.07. The van der Waals surface area contributed by atoms with Crippen molar-refractivity contribution in [2.45, 2.75) is 28.8 Å². The van der Waals surface area contributed by atoms with E-state index in [2.05, 4.69) is 29.3 Å². The molecule has 4 rings (SSSR count). The number of anilines is 2. The number of amides is 2. The van der Waals surface area contributed by atoms with Crippen molar-refractivity contribution in [3.8, 4) is 0 Å². The fraction of sp³-hybridized carbons (Fsp3) is 0.182. The average Bonchev–Trinajstić information content (AvgIpc) is 3.60. The van der Waals surface area contributed by atoms with E-state index in [1.807, 2.05) is 61.0 Å². The molecule has 38 heavy (non-hydrogen) atoms. The summed E-state index contributed by atoms with van der Waals surface area (Å²) in [6.07, 6.45) is 3.85. The molecule has 0 fully saturated rings. The van der Waals surface area contributed by atoms with Crippen molar-refractivity contribution in [2.75, 3.05) is 34.7 Å². The number of nitrogens with one attached hydrogen (secondary N) is 2. The van der Waals surface area contributed by atoms with Crippen molar-refractivity contribution < 1.29 is 9.59 Å². The van der Waals surface area contributed by atoms with Gasteiger partial charge in [0.25, 0.3) is 0 Å². The van der Waals surface area contributed by atoms with Gasteiger partial charge in [-0.25, -0.2) is 9.97 Å². The maximum absolute atomic E-state index is 12.2. The molecule has 0 atom stereocenters. The summed E-state index contributed by atoms with van der Waals surface area (Å²) in [6, 6.07) is 15.5. The van der Waals surface area contributed by atoms with Crippen LogP contribution < -0.4 is 10.6 Å². The van der Waals surface area contributed by atoms with Crippen molar-refractivity contribution in [3.05, 3.63) is 48.5 Å². The number of hydrogen-bond donors (Lipinski definition) is 2. The Bertz CT molecular complexity index is 1240. The molecule has 2 aromatic carbocycles. The third kappa shape index (κ3) is 9.66. The van der Waals surface area contributed by atoms with Crippen LogP contribution in [0.25, 0.3) is 0 Å². The van der Waals surface area contributed by atoms with Crippen LogP contribution in [0.15, 0.2) is 77.3 Å². The van der Waals surface area contributed by atoms with Crippen LogP contribution in [0.1, 0.15) is 0 Å². The Morgan fingerprint density at radius 2 is 1.08 bits per heavy atom. The van der Waals surface area contributed by atoms with Crippen molar-refractivity contribution in [1.82, 2.24) is 18.7 Å². The van der Waals surface area contributed by atoms with E-state index in [1.54, 1.807) is 21.6 Å². The highest BCUT2D eigenvalue weighted by molar-refractivity contribution is 8.76. The second-order valence-electron chi connectivity index (χ2n) is 6.98. The first-order valence-corrected chi connectivity index (χ1v) is 18.8. The molecule has 2 N–H and O–H groups in total. The molecule has 0 bridgehead atoms. The van der Waals surface area contributed by atoms with Gasteiger partial charge in [-0.15, -0.1) is 0 Å². The third-order valence-corrected chi connectivity index (χ3v) is 11.7. The summed E-state index contributed by atoms with van der Waals surface area (Å²) in [6.45, 7) is 0. The van der Waals surface area contributed by atoms with E-state index in [9.17, 15) is 9.59 Å². The highest BCUT2D eigenvalue weighted by atomic mass is 33.1. The standard InChI is InChI=1S/C22H20N6O2S8/c1-31-19-25-21(35-27-19)33-11-17(29)23-13-3-7-15(8-4-13)37-38-16-9-5-14(6-10-16)24-18(30)12-34-22-26-20(32-2)28-36-22/h3-10H,11-12H2,1-2H3,(H,23,29)(H,24,30). The molecule has 2 heterocycles. The van der Waals surface area contributed by atoms with Crippen molar-refractivity contribution in [3.63, 3.8) is 0 Å². The van der Waals surface area contributed by atoms with Gasteiger partial charge in [0.05, 0.1) is 11.5 Å². The minimum atomic E-state index is -0.0821. The molecule has 8 nitrogen and oxygen atoms in total. The Morgan fingerprint density at radius 3 is 1.42 bits per heavy atom. The molecule has 2 amide bonds. The van der Waals surface area contributed by atoms with E-state index in [1.165, 1.54) is 70.1 Å². The van der Waals surface area contributed by atoms with E-state index in [-0.39, 0.29) is 23.3 Å². The fourth-order valence-corrected chi connectivity index (χ4v) is 8.56. The predicted octanol–water partition coefficient (Wildman–Crippen LogP) is 7.09. The van der Waals surface area contributed by atoms with E-state index < -0.39 is 0 Å². The van der Waals surface area contributed by atoms with Crippen LogP contribution in [-0.4, -0.2) is 54.5 Å². The number of thioether (sulfide) groups is 4.